The van der Waals surface area contributed by atoms with Gasteiger partial charge in [0, 0.05) is 5.69 Å². The Morgan fingerprint density at radius 3 is 2.48 bits per heavy atom. The number of halogens is 1. The van der Waals surface area contributed by atoms with Crippen LogP contribution in [0.4, 0.5) is 14.9 Å². The maximum absolute atomic E-state index is 12.4. The number of benzene rings is 1. The smallest absolute Gasteiger partial charge is 0.435 e. The van der Waals surface area contributed by atoms with Crippen LogP contribution in [0.25, 0.3) is 0 Å². The van der Waals surface area contributed by atoms with Crippen molar-refractivity contribution in [1.82, 2.24) is 10.6 Å². The van der Waals surface area contributed by atoms with E-state index in [0.29, 0.717) is 30.6 Å². The van der Waals surface area contributed by atoms with Gasteiger partial charge in [0.1, 0.15) is 12.6 Å². The molecule has 0 fully saturated rings. The first-order valence-electron chi connectivity index (χ1n) is 7.82. The van der Waals surface area contributed by atoms with Gasteiger partial charge >= 0.3 is 6.22 Å². The molecule has 0 radical (unpaired) electrons. The first-order valence-corrected chi connectivity index (χ1v) is 7.82. The van der Waals surface area contributed by atoms with E-state index in [1.165, 1.54) is 0 Å². The number of anilines is 1. The van der Waals surface area contributed by atoms with Crippen LogP contribution < -0.4 is 21.7 Å². The van der Waals surface area contributed by atoms with Gasteiger partial charge in [-0.3, -0.25) is 9.59 Å². The summed E-state index contributed by atoms with van der Waals surface area (Å²) in [6.45, 7) is 0.324. The van der Waals surface area contributed by atoms with Gasteiger partial charge in [0.15, 0.2) is 0 Å². The lowest BCUT2D eigenvalue weighted by molar-refractivity contribution is -0.125. The summed E-state index contributed by atoms with van der Waals surface area (Å²) in [7, 11) is 1.80. The highest BCUT2D eigenvalue weighted by Crippen LogP contribution is 2.12. The summed E-state index contributed by atoms with van der Waals surface area (Å²) in [5.74, 6) is -0.770. The molecule has 2 amide bonds. The van der Waals surface area contributed by atoms with Gasteiger partial charge in [-0.05, 0) is 44.1 Å². The Morgan fingerprint density at radius 1 is 1.24 bits per heavy atom. The summed E-state index contributed by atoms with van der Waals surface area (Å²) in [6.07, 6.45) is -0.687. The van der Waals surface area contributed by atoms with Gasteiger partial charge in [0.2, 0.25) is 11.8 Å². The van der Waals surface area contributed by atoms with Crippen LogP contribution in [-0.2, 0) is 20.9 Å². The van der Waals surface area contributed by atoms with Gasteiger partial charge in [-0.1, -0.05) is 12.1 Å². The Kier molecular flexibility index (Phi) is 9.12. The van der Waals surface area contributed by atoms with Crippen molar-refractivity contribution >= 4 is 23.7 Å². The molecule has 0 spiro atoms. The molecule has 0 saturated heterocycles. The van der Waals surface area contributed by atoms with E-state index in [9.17, 15) is 18.8 Å². The monoisotopic (exact) mass is 354 g/mol. The number of nitrogens with one attached hydrogen (secondary N) is 3. The number of nitrogens with two attached hydrogens (primary N) is 1. The Labute approximate surface area is 145 Å². The molecule has 1 rings (SSSR count). The molecule has 0 bridgehead atoms. The number of amides is 2. The molecule has 0 heterocycles. The summed E-state index contributed by atoms with van der Waals surface area (Å²) in [5, 5.41) is 8.25. The van der Waals surface area contributed by atoms with E-state index in [4.69, 9.17) is 5.73 Å². The molecule has 0 aliphatic carbocycles. The molecule has 9 heteroatoms. The fourth-order valence-corrected chi connectivity index (χ4v) is 2.06. The third-order valence-corrected chi connectivity index (χ3v) is 3.33. The van der Waals surface area contributed by atoms with E-state index < -0.39 is 18.2 Å². The lowest BCUT2D eigenvalue weighted by Gasteiger charge is -2.18. The van der Waals surface area contributed by atoms with Gasteiger partial charge in [-0.15, -0.1) is 4.39 Å². The molecule has 0 saturated carbocycles. The van der Waals surface area contributed by atoms with Gasteiger partial charge < -0.3 is 26.4 Å². The van der Waals surface area contributed by atoms with Gasteiger partial charge in [-0.2, -0.15) is 0 Å². The predicted octanol–water partition coefficient (Wildman–Crippen LogP) is 0.674. The van der Waals surface area contributed by atoms with Gasteiger partial charge in [0.05, 0.1) is 6.54 Å². The number of hydrogen-bond acceptors (Lipinski definition) is 6. The molecule has 0 aliphatic rings. The summed E-state index contributed by atoms with van der Waals surface area (Å²) >= 11 is 0. The summed E-state index contributed by atoms with van der Waals surface area (Å²) in [5.41, 5.74) is 6.35. The molecule has 1 aromatic carbocycles. The highest BCUT2D eigenvalue weighted by Gasteiger charge is 2.20. The van der Waals surface area contributed by atoms with Crippen molar-refractivity contribution < 1.29 is 23.5 Å². The second-order valence-corrected chi connectivity index (χ2v) is 5.28. The minimum absolute atomic E-state index is 0.192. The molecule has 138 valence electrons. The number of rotatable bonds is 10. The van der Waals surface area contributed by atoms with Crippen LogP contribution in [0.3, 0.4) is 0 Å². The first-order chi connectivity index (χ1) is 12.0. The highest BCUT2D eigenvalue weighted by atomic mass is 19.1. The third kappa shape index (κ3) is 8.23. The minimum Gasteiger partial charge on any atom is -0.435 e. The second-order valence-electron chi connectivity index (χ2n) is 5.28. The van der Waals surface area contributed by atoms with E-state index >= 15 is 0 Å². The van der Waals surface area contributed by atoms with Crippen molar-refractivity contribution in [2.75, 3.05) is 25.5 Å². The van der Waals surface area contributed by atoms with Crippen molar-refractivity contribution in [3.63, 3.8) is 0 Å². The largest absolute Gasteiger partial charge is 0.495 e. The molecular formula is C16H23FN4O4. The van der Waals surface area contributed by atoms with E-state index in [1.54, 1.807) is 31.3 Å². The average molecular weight is 354 g/mol. The Balaban J connectivity index is 2.64. The Bertz CT molecular complexity index is 580. The van der Waals surface area contributed by atoms with Crippen LogP contribution in [0.2, 0.25) is 0 Å². The van der Waals surface area contributed by atoms with Crippen molar-refractivity contribution in [1.29, 1.82) is 0 Å². The molecule has 5 N–H and O–H groups in total. The van der Waals surface area contributed by atoms with Crippen molar-refractivity contribution in [3.8, 4) is 0 Å². The molecule has 25 heavy (non-hydrogen) atoms. The first kappa shape index (κ1) is 20.5. The zero-order chi connectivity index (χ0) is 18.7. The fourth-order valence-electron chi connectivity index (χ4n) is 2.06. The topological polar surface area (TPSA) is 123 Å². The Hall–Kier alpha value is -2.52. The highest BCUT2D eigenvalue weighted by molar-refractivity contribution is 5.97. The maximum Gasteiger partial charge on any atom is 0.495 e. The van der Waals surface area contributed by atoms with Crippen LogP contribution in [0.15, 0.2) is 24.3 Å². The Morgan fingerprint density at radius 2 is 1.92 bits per heavy atom. The standard InChI is InChI=1S/C16H23FN4O4/c1-19-8-2-3-13(21-14(22)9-18)15(23)20-12-6-4-11(5-7-12)10-25-16(17)24/h4-7,13,19H,2-3,8-10,18H2,1H3,(H,20,23)(H,21,22). The van der Waals surface area contributed by atoms with Gasteiger partial charge in [0.25, 0.3) is 0 Å². The molecule has 0 aromatic heterocycles. The molecule has 8 nitrogen and oxygen atoms in total. The average Bonchev–Trinajstić information content (AvgIpc) is 2.60. The lowest BCUT2D eigenvalue weighted by atomic mass is 10.1. The predicted molar refractivity (Wildman–Crippen MR) is 90.5 cm³/mol. The second kappa shape index (κ2) is 11.1. The van der Waals surface area contributed by atoms with E-state index in [0.717, 1.165) is 0 Å². The van der Waals surface area contributed by atoms with Crippen LogP contribution >= 0.6 is 0 Å². The lowest BCUT2D eigenvalue weighted by Crippen LogP contribution is -2.46. The molecular weight excluding hydrogens is 331 g/mol. The van der Waals surface area contributed by atoms with Crippen LogP contribution in [0.5, 0.6) is 0 Å². The molecule has 1 unspecified atom stereocenters. The normalized spacial score (nSPS) is 11.5. The number of carbonyl (C=O) groups is 3. The van der Waals surface area contributed by atoms with Crippen molar-refractivity contribution in [3.05, 3.63) is 29.8 Å². The van der Waals surface area contributed by atoms with Crippen molar-refractivity contribution in [2.24, 2.45) is 5.73 Å². The molecule has 1 atom stereocenters. The maximum atomic E-state index is 12.4. The van der Waals surface area contributed by atoms with Crippen molar-refractivity contribution in [2.45, 2.75) is 25.5 Å². The molecule has 1 aromatic rings. The van der Waals surface area contributed by atoms with E-state index in [-0.39, 0.29) is 19.1 Å². The zero-order valence-corrected chi connectivity index (χ0v) is 14.0. The summed E-state index contributed by atoms with van der Waals surface area (Å²) < 4.78 is 16.3. The quantitative estimate of drug-likeness (QED) is 0.362. The summed E-state index contributed by atoms with van der Waals surface area (Å²) in [6, 6.07) is 5.67. The van der Waals surface area contributed by atoms with Crippen LogP contribution in [0.1, 0.15) is 18.4 Å². The third-order valence-electron chi connectivity index (χ3n) is 3.33. The minimum atomic E-state index is -1.85. The fraction of sp³-hybridized carbons (Fsp3) is 0.438. The van der Waals surface area contributed by atoms with Gasteiger partial charge in [-0.25, -0.2) is 4.79 Å². The number of carbonyl (C=O) groups excluding carboxylic acids is 3. The number of ether oxygens (including phenoxy) is 1. The van der Waals surface area contributed by atoms with Crippen LogP contribution in [0, 0.1) is 0 Å². The van der Waals surface area contributed by atoms with Crippen LogP contribution in [-0.4, -0.2) is 44.2 Å². The summed E-state index contributed by atoms with van der Waals surface area (Å²) in [4.78, 5) is 34.0. The zero-order valence-electron chi connectivity index (χ0n) is 14.0. The van der Waals surface area contributed by atoms with E-state index in [1.807, 2.05) is 0 Å². The molecule has 0 aliphatic heterocycles. The van der Waals surface area contributed by atoms with E-state index in [2.05, 4.69) is 20.7 Å². The number of hydrogen-bond donors (Lipinski definition) is 4. The SMILES string of the molecule is CNCCCC(NC(=O)CN)C(=O)Nc1ccc(COC(=O)F)cc1.